The Morgan fingerprint density at radius 3 is 2.23 bits per heavy atom. The lowest BCUT2D eigenvalue weighted by atomic mass is 9.83. The Kier molecular flexibility index (Phi) is 7.61. The molecule has 9 nitrogen and oxygen atoms in total. The number of hydrogen-bond acceptors (Lipinski definition) is 8. The van der Waals surface area contributed by atoms with E-state index >= 15 is 0 Å². The number of rotatable bonds is 7. The first kappa shape index (κ1) is 28.8. The fraction of sp³-hybridized carbons (Fsp3) is 0.250. The molecule has 2 aliphatic heterocycles. The second-order valence-corrected chi connectivity index (χ2v) is 12.9. The van der Waals surface area contributed by atoms with Crippen LogP contribution in [-0.2, 0) is 20.9 Å². The Bertz CT molecular complexity index is 1760. The monoisotopic (exact) mass is 614 g/mol. The number of benzene rings is 3. The number of carbonyl (C=O) groups is 3. The van der Waals surface area contributed by atoms with E-state index in [1.807, 2.05) is 74.4 Å². The number of imide groups is 1. The van der Waals surface area contributed by atoms with Crippen LogP contribution in [0.15, 0.2) is 82.6 Å². The minimum Gasteiger partial charge on any atom is -0.497 e. The summed E-state index contributed by atoms with van der Waals surface area (Å²) in [6.45, 7) is 1.75. The summed E-state index contributed by atoms with van der Waals surface area (Å²) in [7, 11) is 5.44. The second-order valence-electron chi connectivity index (χ2n) is 10.8. The number of nitrogens with one attached hydrogen (secondary N) is 1. The number of aryl methyl sites for hydroxylation is 1. The van der Waals surface area contributed by atoms with Crippen LogP contribution in [0.5, 0.6) is 5.75 Å². The van der Waals surface area contributed by atoms with Gasteiger partial charge in [0.2, 0.25) is 17.7 Å². The fourth-order valence-electron chi connectivity index (χ4n) is 5.56. The van der Waals surface area contributed by atoms with Crippen LogP contribution in [0.4, 0.5) is 17.1 Å². The van der Waals surface area contributed by atoms with Gasteiger partial charge in [0.05, 0.1) is 23.7 Å². The van der Waals surface area contributed by atoms with Crippen molar-refractivity contribution in [2.75, 3.05) is 36.3 Å². The molecule has 43 heavy (non-hydrogen) atoms. The van der Waals surface area contributed by atoms with Crippen LogP contribution in [0, 0.1) is 12.8 Å². The predicted molar refractivity (Wildman–Crippen MR) is 170 cm³/mol. The van der Waals surface area contributed by atoms with Gasteiger partial charge in [0.25, 0.3) is 0 Å². The first-order valence-corrected chi connectivity index (χ1v) is 15.4. The Morgan fingerprint density at radius 1 is 0.930 bits per heavy atom. The average molecular weight is 615 g/mol. The molecule has 1 aromatic heterocycles. The molecule has 3 atom stereocenters. The molecule has 1 fully saturated rings. The highest BCUT2D eigenvalue weighted by atomic mass is 32.2. The third-order valence-corrected chi connectivity index (χ3v) is 10.4. The summed E-state index contributed by atoms with van der Waals surface area (Å²) in [5.74, 6) is -1.65. The maximum Gasteiger partial charge on any atom is 0.308 e. The van der Waals surface area contributed by atoms with Crippen LogP contribution < -0.4 is 24.7 Å². The number of hydrogen-bond donors (Lipinski definition) is 1. The predicted octanol–water partition coefficient (Wildman–Crippen LogP) is 4.73. The molecule has 220 valence electrons. The van der Waals surface area contributed by atoms with Crippen LogP contribution in [0.1, 0.15) is 21.9 Å². The summed E-state index contributed by atoms with van der Waals surface area (Å²) in [4.78, 5) is 58.1. The number of carbonyl (C=O) groups excluding carboxylic acids is 3. The van der Waals surface area contributed by atoms with Crippen molar-refractivity contribution in [3.63, 3.8) is 0 Å². The van der Waals surface area contributed by atoms with Crippen molar-refractivity contribution in [1.82, 2.24) is 4.57 Å². The highest BCUT2D eigenvalue weighted by Gasteiger charge is 2.56. The molecule has 1 N–H and O–H groups in total. The van der Waals surface area contributed by atoms with Crippen molar-refractivity contribution >= 4 is 57.9 Å². The van der Waals surface area contributed by atoms with Gasteiger partial charge in [-0.15, -0.1) is 0 Å². The largest absolute Gasteiger partial charge is 0.497 e. The SMILES string of the molecule is COc1ccc(N2C(=O)C3Sc4c(sc(=O)n4CC(=O)Nc4ccc(C)cc4)[C@H](c4ccc(N(C)C)cc4)C3C2=O)cc1. The third-order valence-electron chi connectivity index (χ3n) is 7.79. The molecule has 0 aliphatic carbocycles. The molecule has 3 amide bonds. The molecule has 2 unspecified atom stereocenters. The number of fused-ring (bicyclic) bond motifs is 2. The van der Waals surface area contributed by atoms with Crippen molar-refractivity contribution in [3.05, 3.63) is 98.5 Å². The number of anilines is 3. The summed E-state index contributed by atoms with van der Waals surface area (Å²) in [5.41, 5.74) is 3.98. The van der Waals surface area contributed by atoms with Crippen LogP contribution >= 0.6 is 23.1 Å². The summed E-state index contributed by atoms with van der Waals surface area (Å²) in [5, 5.41) is 2.64. The van der Waals surface area contributed by atoms with Crippen LogP contribution in [-0.4, -0.2) is 48.7 Å². The molecule has 4 aromatic rings. The van der Waals surface area contributed by atoms with Gasteiger partial charge in [-0.1, -0.05) is 52.9 Å². The van der Waals surface area contributed by atoms with Gasteiger partial charge < -0.3 is 15.0 Å². The number of thiazole rings is 1. The first-order valence-electron chi connectivity index (χ1n) is 13.7. The zero-order chi connectivity index (χ0) is 30.4. The molecule has 0 spiro atoms. The fourth-order valence-corrected chi connectivity index (χ4v) is 8.33. The van der Waals surface area contributed by atoms with E-state index in [9.17, 15) is 19.2 Å². The van der Waals surface area contributed by atoms with Gasteiger partial charge in [0.1, 0.15) is 17.5 Å². The molecule has 6 rings (SSSR count). The lowest BCUT2D eigenvalue weighted by Crippen LogP contribution is -2.33. The average Bonchev–Trinajstić information content (AvgIpc) is 3.44. The Labute approximate surface area is 257 Å². The molecule has 1 saturated heterocycles. The molecule has 2 aliphatic rings. The van der Waals surface area contributed by atoms with Gasteiger partial charge in [-0.3, -0.25) is 23.7 Å². The highest BCUT2D eigenvalue weighted by molar-refractivity contribution is 8.00. The maximum atomic E-state index is 14.1. The number of methoxy groups -OCH3 is 1. The van der Waals surface area contributed by atoms with E-state index < -0.39 is 17.1 Å². The van der Waals surface area contributed by atoms with Crippen LogP contribution in [0.2, 0.25) is 0 Å². The van der Waals surface area contributed by atoms with Crippen LogP contribution in [0.3, 0.4) is 0 Å². The van der Waals surface area contributed by atoms with Gasteiger partial charge in [0, 0.05) is 36.3 Å². The molecule has 0 saturated carbocycles. The molecular formula is C32H30N4O5S2. The summed E-state index contributed by atoms with van der Waals surface area (Å²) >= 11 is 2.23. The zero-order valence-corrected chi connectivity index (χ0v) is 25.7. The van der Waals surface area contributed by atoms with Gasteiger partial charge in [0.15, 0.2) is 0 Å². The Morgan fingerprint density at radius 2 is 1.60 bits per heavy atom. The smallest absolute Gasteiger partial charge is 0.308 e. The zero-order valence-electron chi connectivity index (χ0n) is 24.1. The van der Waals surface area contributed by atoms with E-state index in [4.69, 9.17) is 4.74 Å². The summed E-state index contributed by atoms with van der Waals surface area (Å²) in [6.07, 6.45) is 0. The molecule has 11 heteroatoms. The standard InChI is InChI=1S/C32H30N4O5S2/c1-18-5-9-20(10-6-18)33-24(37)17-35-31-28(43-32(35)40)25(19-7-11-21(12-8-19)34(2)3)26-27(42-31)30(39)36(29(26)38)22-13-15-23(41-4)16-14-22/h5-16,25-27H,17H2,1-4H3,(H,33,37)/t25-,26?,27?/m1/s1. The lowest BCUT2D eigenvalue weighted by molar-refractivity contribution is -0.122. The van der Waals surface area contributed by atoms with Crippen molar-refractivity contribution < 1.29 is 19.1 Å². The van der Waals surface area contributed by atoms with E-state index in [0.717, 1.165) is 28.2 Å². The van der Waals surface area contributed by atoms with Crippen molar-refractivity contribution in [1.29, 1.82) is 0 Å². The van der Waals surface area contributed by atoms with E-state index in [0.29, 0.717) is 27.0 Å². The van der Waals surface area contributed by atoms with Gasteiger partial charge >= 0.3 is 4.87 Å². The van der Waals surface area contributed by atoms with E-state index in [1.165, 1.54) is 21.2 Å². The highest BCUT2D eigenvalue weighted by Crippen LogP contribution is 2.54. The summed E-state index contributed by atoms with van der Waals surface area (Å²) in [6, 6.07) is 22.0. The molecular weight excluding hydrogens is 585 g/mol. The second kappa shape index (κ2) is 11.4. The van der Waals surface area contributed by atoms with Crippen molar-refractivity contribution in [2.45, 2.75) is 29.7 Å². The van der Waals surface area contributed by atoms with Crippen molar-refractivity contribution in [3.8, 4) is 5.75 Å². The lowest BCUT2D eigenvalue weighted by Gasteiger charge is -2.31. The number of aromatic nitrogens is 1. The molecule has 3 heterocycles. The number of nitrogens with zero attached hydrogens (tertiary/aromatic N) is 3. The van der Waals surface area contributed by atoms with Gasteiger partial charge in [-0.2, -0.15) is 0 Å². The minimum atomic E-state index is -0.763. The maximum absolute atomic E-state index is 14.1. The van der Waals surface area contributed by atoms with Gasteiger partial charge in [-0.05, 0) is 61.0 Å². The van der Waals surface area contributed by atoms with Crippen LogP contribution in [0.25, 0.3) is 0 Å². The van der Waals surface area contributed by atoms with E-state index in [-0.39, 0.29) is 29.1 Å². The quantitative estimate of drug-likeness (QED) is 0.301. The molecule has 0 radical (unpaired) electrons. The number of amides is 3. The molecule has 3 aromatic carbocycles. The van der Waals surface area contributed by atoms with E-state index in [2.05, 4.69) is 5.32 Å². The summed E-state index contributed by atoms with van der Waals surface area (Å²) < 4.78 is 6.68. The first-order chi connectivity index (χ1) is 20.7. The third kappa shape index (κ3) is 5.23. The van der Waals surface area contributed by atoms with E-state index in [1.54, 1.807) is 31.4 Å². The Hall–Kier alpha value is -4.35. The van der Waals surface area contributed by atoms with Crippen molar-refractivity contribution in [2.24, 2.45) is 5.92 Å². The minimum absolute atomic E-state index is 0.209. The molecule has 0 bridgehead atoms. The number of ether oxygens (including phenoxy) is 1. The Balaban J connectivity index is 1.40. The topological polar surface area (TPSA) is 101 Å². The number of thioether (sulfide) groups is 1. The van der Waals surface area contributed by atoms with Gasteiger partial charge in [-0.25, -0.2) is 4.90 Å². The normalized spacial score (nSPS) is 19.2.